The van der Waals surface area contributed by atoms with Crippen molar-refractivity contribution in [2.75, 3.05) is 20.6 Å². The predicted molar refractivity (Wildman–Crippen MR) is 98.4 cm³/mol. The molecule has 0 aliphatic heterocycles. The first kappa shape index (κ1) is 20.5. The largest absolute Gasteiger partial charge is 0.354 e. The third-order valence-corrected chi connectivity index (χ3v) is 4.48. The second-order valence-corrected chi connectivity index (χ2v) is 6.62. The van der Waals surface area contributed by atoms with Gasteiger partial charge in [-0.3, -0.25) is 9.59 Å². The first-order valence-corrected chi connectivity index (χ1v) is 8.30. The Kier molecular flexibility index (Phi) is 7.70. The average Bonchev–Trinajstić information content (AvgIpc) is 2.55. The van der Waals surface area contributed by atoms with Crippen LogP contribution in [0.3, 0.4) is 0 Å². The number of carbonyl (C=O) groups is 2. The van der Waals surface area contributed by atoms with Crippen LogP contribution in [0.4, 0.5) is 0 Å². The summed E-state index contributed by atoms with van der Waals surface area (Å²) in [7, 11) is 3.47. The third kappa shape index (κ3) is 5.21. The number of nitrogens with two attached hydrogens (primary N) is 1. The monoisotopic (exact) mass is 353 g/mol. The van der Waals surface area contributed by atoms with Crippen LogP contribution < -0.4 is 11.1 Å². The number of rotatable bonds is 5. The van der Waals surface area contributed by atoms with E-state index in [9.17, 15) is 9.59 Å². The Balaban J connectivity index is 0.00000288. The molecule has 0 bridgehead atoms. The normalized spacial score (nSPS) is 16.0. The van der Waals surface area contributed by atoms with E-state index in [2.05, 4.69) is 5.32 Å². The molecule has 0 aromatic heterocycles. The zero-order valence-corrected chi connectivity index (χ0v) is 15.3. The average molecular weight is 354 g/mol. The highest BCUT2D eigenvalue weighted by atomic mass is 35.5. The molecule has 1 aromatic carbocycles. The fraction of sp³-hybridized carbons (Fsp3) is 0.556. The Labute approximate surface area is 150 Å². The highest BCUT2D eigenvalue weighted by molar-refractivity contribution is 5.94. The van der Waals surface area contributed by atoms with Crippen LogP contribution in [0.25, 0.3) is 0 Å². The molecular weight excluding hydrogens is 326 g/mol. The molecule has 5 nitrogen and oxygen atoms in total. The van der Waals surface area contributed by atoms with Gasteiger partial charge < -0.3 is 16.0 Å². The zero-order chi connectivity index (χ0) is 16.9. The van der Waals surface area contributed by atoms with Crippen LogP contribution in [0.5, 0.6) is 0 Å². The molecule has 2 rings (SSSR count). The number of hydrogen-bond donors (Lipinski definition) is 2. The summed E-state index contributed by atoms with van der Waals surface area (Å²) in [6, 6.07) is 7.53. The second-order valence-electron chi connectivity index (χ2n) is 6.62. The number of carbonyl (C=O) groups excluding carboxylic acids is 2. The van der Waals surface area contributed by atoms with Gasteiger partial charge in [0.25, 0.3) is 5.91 Å². The van der Waals surface area contributed by atoms with Gasteiger partial charge in [-0.2, -0.15) is 0 Å². The van der Waals surface area contributed by atoms with Crippen molar-refractivity contribution in [1.82, 2.24) is 10.2 Å². The van der Waals surface area contributed by atoms with Crippen LogP contribution in [-0.2, 0) is 11.2 Å². The molecule has 1 fully saturated rings. The lowest BCUT2D eigenvalue weighted by atomic mass is 9.82. The molecule has 0 radical (unpaired) electrons. The maximum atomic E-state index is 12.3. The molecule has 24 heavy (non-hydrogen) atoms. The first-order valence-electron chi connectivity index (χ1n) is 8.30. The predicted octanol–water partition coefficient (Wildman–Crippen LogP) is 2.13. The van der Waals surface area contributed by atoms with Gasteiger partial charge >= 0.3 is 0 Å². The Bertz CT molecular complexity index is 569. The van der Waals surface area contributed by atoms with Crippen molar-refractivity contribution in [2.45, 2.75) is 44.1 Å². The molecule has 1 aliphatic carbocycles. The topological polar surface area (TPSA) is 75.4 Å². The van der Waals surface area contributed by atoms with Crippen molar-refractivity contribution in [3.63, 3.8) is 0 Å². The molecule has 0 atom stereocenters. The molecule has 6 heteroatoms. The van der Waals surface area contributed by atoms with Gasteiger partial charge in [-0.15, -0.1) is 12.4 Å². The van der Waals surface area contributed by atoms with Crippen molar-refractivity contribution >= 4 is 24.2 Å². The minimum absolute atomic E-state index is 0. The summed E-state index contributed by atoms with van der Waals surface area (Å²) < 4.78 is 0. The summed E-state index contributed by atoms with van der Waals surface area (Å²) in [4.78, 5) is 25.8. The molecule has 0 saturated heterocycles. The summed E-state index contributed by atoms with van der Waals surface area (Å²) in [6.07, 6.45) is 5.45. The lowest BCUT2D eigenvalue weighted by molar-refractivity contribution is -0.127. The Morgan fingerprint density at radius 2 is 1.88 bits per heavy atom. The first-order chi connectivity index (χ1) is 10.9. The van der Waals surface area contributed by atoms with Gasteiger partial charge in [-0.25, -0.2) is 0 Å². The SMILES string of the molecule is CN(C)C(=O)c1cccc(CCNC(=O)C2(N)CCCCC2)c1.Cl. The number of nitrogens with one attached hydrogen (secondary N) is 1. The number of hydrogen-bond acceptors (Lipinski definition) is 3. The molecular formula is C18H28ClN3O2. The summed E-state index contributed by atoms with van der Waals surface area (Å²) in [6.45, 7) is 0.539. The fourth-order valence-corrected chi connectivity index (χ4v) is 3.02. The Morgan fingerprint density at radius 1 is 1.21 bits per heavy atom. The van der Waals surface area contributed by atoms with Gasteiger partial charge in [0.1, 0.15) is 0 Å². The zero-order valence-electron chi connectivity index (χ0n) is 14.5. The molecule has 2 amide bonds. The number of amides is 2. The minimum atomic E-state index is -0.693. The summed E-state index contributed by atoms with van der Waals surface area (Å²) in [5.74, 6) is -0.0586. The van der Waals surface area contributed by atoms with Gasteiger partial charge in [0, 0.05) is 26.2 Å². The van der Waals surface area contributed by atoms with Crippen LogP contribution in [-0.4, -0.2) is 42.9 Å². The molecule has 1 saturated carbocycles. The molecule has 0 unspecified atom stereocenters. The molecule has 0 spiro atoms. The molecule has 0 heterocycles. The lowest BCUT2D eigenvalue weighted by Gasteiger charge is -2.31. The van der Waals surface area contributed by atoms with E-state index in [1.807, 2.05) is 18.2 Å². The molecule has 3 N–H and O–H groups in total. The van der Waals surface area contributed by atoms with Crippen LogP contribution in [0.1, 0.15) is 48.0 Å². The molecule has 134 valence electrons. The van der Waals surface area contributed by atoms with Gasteiger partial charge in [-0.05, 0) is 37.0 Å². The van der Waals surface area contributed by atoms with E-state index in [-0.39, 0.29) is 24.2 Å². The van der Waals surface area contributed by atoms with E-state index in [1.54, 1.807) is 25.1 Å². The summed E-state index contributed by atoms with van der Waals surface area (Å²) in [5.41, 5.74) is 7.23. The minimum Gasteiger partial charge on any atom is -0.354 e. The highest BCUT2D eigenvalue weighted by Crippen LogP contribution is 2.25. The fourth-order valence-electron chi connectivity index (χ4n) is 3.02. The maximum Gasteiger partial charge on any atom is 0.253 e. The van der Waals surface area contributed by atoms with Crippen LogP contribution >= 0.6 is 12.4 Å². The van der Waals surface area contributed by atoms with E-state index in [1.165, 1.54) is 6.42 Å². The summed E-state index contributed by atoms with van der Waals surface area (Å²) in [5, 5.41) is 2.95. The standard InChI is InChI=1S/C18H27N3O2.ClH/c1-21(2)16(22)15-8-6-7-14(13-15)9-12-20-17(23)18(19)10-4-3-5-11-18;/h6-8,13H,3-5,9-12,19H2,1-2H3,(H,20,23);1H. The van der Waals surface area contributed by atoms with Crippen LogP contribution in [0, 0.1) is 0 Å². The summed E-state index contributed by atoms with van der Waals surface area (Å²) >= 11 is 0. The van der Waals surface area contributed by atoms with Crippen molar-refractivity contribution in [1.29, 1.82) is 0 Å². The van der Waals surface area contributed by atoms with E-state index in [4.69, 9.17) is 5.73 Å². The van der Waals surface area contributed by atoms with Crippen molar-refractivity contribution < 1.29 is 9.59 Å². The highest BCUT2D eigenvalue weighted by Gasteiger charge is 2.34. The molecule has 1 aliphatic rings. The van der Waals surface area contributed by atoms with E-state index < -0.39 is 5.54 Å². The van der Waals surface area contributed by atoms with Gasteiger partial charge in [0.15, 0.2) is 0 Å². The quantitative estimate of drug-likeness (QED) is 0.851. The smallest absolute Gasteiger partial charge is 0.253 e. The van der Waals surface area contributed by atoms with Gasteiger partial charge in [-0.1, -0.05) is 31.4 Å². The van der Waals surface area contributed by atoms with Crippen LogP contribution in [0.15, 0.2) is 24.3 Å². The van der Waals surface area contributed by atoms with Crippen molar-refractivity contribution in [3.8, 4) is 0 Å². The third-order valence-electron chi connectivity index (χ3n) is 4.48. The number of nitrogens with zero attached hydrogens (tertiary/aromatic N) is 1. The Hall–Kier alpha value is -1.59. The molecule has 1 aromatic rings. The van der Waals surface area contributed by atoms with Gasteiger partial charge in [0.05, 0.1) is 5.54 Å². The van der Waals surface area contributed by atoms with Gasteiger partial charge in [0.2, 0.25) is 5.91 Å². The Morgan fingerprint density at radius 3 is 2.50 bits per heavy atom. The maximum absolute atomic E-state index is 12.3. The lowest BCUT2D eigenvalue weighted by Crippen LogP contribution is -2.55. The van der Waals surface area contributed by atoms with E-state index in [0.29, 0.717) is 18.5 Å². The van der Waals surface area contributed by atoms with Crippen molar-refractivity contribution in [2.24, 2.45) is 5.73 Å². The number of halogens is 1. The second kappa shape index (κ2) is 9.04. The number of benzene rings is 1. The van der Waals surface area contributed by atoms with E-state index >= 15 is 0 Å². The van der Waals surface area contributed by atoms with Crippen molar-refractivity contribution in [3.05, 3.63) is 35.4 Å². The van der Waals surface area contributed by atoms with E-state index in [0.717, 1.165) is 31.2 Å². The van der Waals surface area contributed by atoms with Crippen LogP contribution in [0.2, 0.25) is 0 Å².